The van der Waals surface area contributed by atoms with Crippen molar-refractivity contribution in [3.8, 4) is 0 Å². The minimum absolute atomic E-state index is 0.0461. The summed E-state index contributed by atoms with van der Waals surface area (Å²) >= 11 is 0. The van der Waals surface area contributed by atoms with Crippen molar-refractivity contribution < 1.29 is 0 Å². The van der Waals surface area contributed by atoms with Crippen molar-refractivity contribution in [3.63, 3.8) is 0 Å². The molecule has 100 valence electrons. The zero-order valence-corrected chi connectivity index (χ0v) is 12.1. The molecular weight excluding hydrogens is 220 g/mol. The van der Waals surface area contributed by atoms with Crippen LogP contribution in [0.2, 0.25) is 0 Å². The predicted octanol–water partition coefficient (Wildman–Crippen LogP) is 3.28. The summed E-state index contributed by atoms with van der Waals surface area (Å²) in [7, 11) is 0. The van der Waals surface area contributed by atoms with Gasteiger partial charge in [-0.05, 0) is 33.3 Å². The Bertz CT molecular complexity index is 373. The van der Waals surface area contributed by atoms with E-state index in [9.17, 15) is 0 Å². The zero-order valence-electron chi connectivity index (χ0n) is 12.1. The Balaban J connectivity index is 2.75. The molecule has 0 aliphatic rings. The van der Waals surface area contributed by atoms with Gasteiger partial charge in [-0.3, -0.25) is 4.90 Å². The number of hydrogen-bond donors (Lipinski definition) is 1. The maximum Gasteiger partial charge on any atom is 0.0424 e. The van der Waals surface area contributed by atoms with E-state index >= 15 is 0 Å². The molecule has 0 aliphatic carbocycles. The minimum atomic E-state index is 0.0461. The van der Waals surface area contributed by atoms with Gasteiger partial charge in [0.05, 0.1) is 0 Å². The molecule has 1 aromatic carbocycles. The van der Waals surface area contributed by atoms with Crippen LogP contribution in [0.5, 0.6) is 0 Å². The van der Waals surface area contributed by atoms with Gasteiger partial charge < -0.3 is 5.73 Å². The van der Waals surface area contributed by atoms with Crippen molar-refractivity contribution in [3.05, 3.63) is 48.0 Å². The second-order valence-electron chi connectivity index (χ2n) is 5.88. The van der Waals surface area contributed by atoms with Gasteiger partial charge in [-0.1, -0.05) is 35.9 Å². The van der Waals surface area contributed by atoms with E-state index < -0.39 is 0 Å². The minimum Gasteiger partial charge on any atom is -0.323 e. The average molecular weight is 246 g/mol. The Morgan fingerprint density at radius 1 is 1.28 bits per heavy atom. The van der Waals surface area contributed by atoms with Crippen LogP contribution in [0.3, 0.4) is 0 Å². The van der Waals surface area contributed by atoms with E-state index in [1.807, 2.05) is 6.08 Å². The van der Waals surface area contributed by atoms with Gasteiger partial charge in [0.1, 0.15) is 0 Å². The van der Waals surface area contributed by atoms with Crippen LogP contribution in [0.15, 0.2) is 36.9 Å². The lowest BCUT2D eigenvalue weighted by atomic mass is 10.0. The predicted molar refractivity (Wildman–Crippen MR) is 79.6 cm³/mol. The summed E-state index contributed by atoms with van der Waals surface area (Å²) in [5.74, 6) is 0. The molecule has 1 unspecified atom stereocenters. The Morgan fingerprint density at radius 3 is 2.28 bits per heavy atom. The molecule has 1 rings (SSSR count). The van der Waals surface area contributed by atoms with Gasteiger partial charge in [-0.25, -0.2) is 0 Å². The molecule has 0 heterocycles. The highest BCUT2D eigenvalue weighted by Gasteiger charge is 2.22. The smallest absolute Gasteiger partial charge is 0.0424 e. The summed E-state index contributed by atoms with van der Waals surface area (Å²) in [5, 5.41) is 0. The van der Waals surface area contributed by atoms with E-state index in [2.05, 4.69) is 63.4 Å². The maximum atomic E-state index is 6.30. The molecule has 0 radical (unpaired) electrons. The zero-order chi connectivity index (χ0) is 13.8. The molecule has 2 N–H and O–H groups in total. The lowest BCUT2D eigenvalue weighted by molar-refractivity contribution is 0.144. The summed E-state index contributed by atoms with van der Waals surface area (Å²) in [6.07, 6.45) is 1.94. The molecule has 0 spiro atoms. The Kier molecular flexibility index (Phi) is 5.12. The first kappa shape index (κ1) is 14.9. The normalized spacial score (nSPS) is 13.7. The van der Waals surface area contributed by atoms with E-state index in [1.54, 1.807) is 0 Å². The highest BCUT2D eigenvalue weighted by molar-refractivity contribution is 5.24. The van der Waals surface area contributed by atoms with Gasteiger partial charge in [0.25, 0.3) is 0 Å². The number of benzene rings is 1. The Hall–Kier alpha value is -1.12. The Morgan fingerprint density at radius 2 is 1.83 bits per heavy atom. The summed E-state index contributed by atoms with van der Waals surface area (Å²) in [4.78, 5) is 2.35. The summed E-state index contributed by atoms with van der Waals surface area (Å²) in [5.41, 5.74) is 8.87. The number of hydrogen-bond acceptors (Lipinski definition) is 2. The molecule has 18 heavy (non-hydrogen) atoms. The molecule has 0 bridgehead atoms. The first-order valence-corrected chi connectivity index (χ1v) is 6.52. The van der Waals surface area contributed by atoms with E-state index in [-0.39, 0.29) is 11.6 Å². The van der Waals surface area contributed by atoms with Crippen LogP contribution < -0.4 is 5.73 Å². The van der Waals surface area contributed by atoms with Gasteiger partial charge >= 0.3 is 0 Å². The van der Waals surface area contributed by atoms with E-state index in [0.717, 1.165) is 13.1 Å². The van der Waals surface area contributed by atoms with Crippen molar-refractivity contribution >= 4 is 0 Å². The largest absolute Gasteiger partial charge is 0.323 e. The highest BCUT2D eigenvalue weighted by Crippen LogP contribution is 2.19. The van der Waals surface area contributed by atoms with Crippen LogP contribution in [-0.4, -0.2) is 23.5 Å². The molecule has 2 heteroatoms. The van der Waals surface area contributed by atoms with Gasteiger partial charge in [0.2, 0.25) is 0 Å². The molecule has 0 aliphatic heterocycles. The molecule has 0 saturated heterocycles. The molecule has 1 aromatic rings. The number of rotatable bonds is 5. The van der Waals surface area contributed by atoms with Crippen molar-refractivity contribution in [2.45, 2.75) is 39.3 Å². The standard InChI is InChI=1S/C16H26N2/c1-6-11-18(16(3,4)5)12-15(17)14-9-7-13(2)8-10-14/h6-10,15H,1,11-12,17H2,2-5H3. The van der Waals surface area contributed by atoms with Gasteiger partial charge in [0.15, 0.2) is 0 Å². The van der Waals surface area contributed by atoms with Crippen LogP contribution >= 0.6 is 0 Å². The number of aryl methyl sites for hydroxylation is 1. The second kappa shape index (κ2) is 6.17. The molecule has 0 fully saturated rings. The van der Waals surface area contributed by atoms with Crippen molar-refractivity contribution in [2.24, 2.45) is 5.73 Å². The third-order valence-corrected chi connectivity index (χ3v) is 3.22. The highest BCUT2D eigenvalue weighted by atomic mass is 15.2. The van der Waals surface area contributed by atoms with Crippen molar-refractivity contribution in [1.29, 1.82) is 0 Å². The third-order valence-electron chi connectivity index (χ3n) is 3.22. The van der Waals surface area contributed by atoms with Gasteiger partial charge in [-0.15, -0.1) is 6.58 Å². The topological polar surface area (TPSA) is 29.3 Å². The van der Waals surface area contributed by atoms with E-state index in [1.165, 1.54) is 11.1 Å². The van der Waals surface area contributed by atoms with E-state index in [0.29, 0.717) is 0 Å². The monoisotopic (exact) mass is 246 g/mol. The van der Waals surface area contributed by atoms with Gasteiger partial charge in [0, 0.05) is 24.7 Å². The molecule has 0 amide bonds. The van der Waals surface area contributed by atoms with Crippen LogP contribution in [-0.2, 0) is 0 Å². The van der Waals surface area contributed by atoms with Crippen LogP contribution in [0.4, 0.5) is 0 Å². The summed E-state index contributed by atoms with van der Waals surface area (Å²) in [6, 6.07) is 8.52. The fraction of sp³-hybridized carbons (Fsp3) is 0.500. The number of nitrogens with zero attached hydrogens (tertiary/aromatic N) is 1. The lowest BCUT2D eigenvalue weighted by Gasteiger charge is -2.36. The SMILES string of the molecule is C=CCN(CC(N)c1ccc(C)cc1)C(C)(C)C. The Labute approximate surface area is 111 Å². The van der Waals surface area contributed by atoms with E-state index in [4.69, 9.17) is 5.73 Å². The molecule has 1 atom stereocenters. The fourth-order valence-electron chi connectivity index (χ4n) is 1.93. The number of nitrogens with two attached hydrogens (primary N) is 1. The van der Waals surface area contributed by atoms with Crippen LogP contribution in [0.1, 0.15) is 37.9 Å². The maximum absolute atomic E-state index is 6.30. The fourth-order valence-corrected chi connectivity index (χ4v) is 1.93. The lowest BCUT2D eigenvalue weighted by Crippen LogP contribution is -2.45. The second-order valence-corrected chi connectivity index (χ2v) is 5.88. The van der Waals surface area contributed by atoms with Crippen molar-refractivity contribution in [1.82, 2.24) is 4.90 Å². The van der Waals surface area contributed by atoms with Crippen LogP contribution in [0, 0.1) is 6.92 Å². The molecule has 0 aromatic heterocycles. The molecule has 0 saturated carbocycles. The first-order chi connectivity index (χ1) is 8.34. The quantitative estimate of drug-likeness (QED) is 0.808. The molecular formula is C16H26N2. The van der Waals surface area contributed by atoms with Crippen molar-refractivity contribution in [2.75, 3.05) is 13.1 Å². The third kappa shape index (κ3) is 4.28. The summed E-state index contributed by atoms with van der Waals surface area (Å²) < 4.78 is 0. The van der Waals surface area contributed by atoms with Gasteiger partial charge in [-0.2, -0.15) is 0 Å². The molecule has 2 nitrogen and oxygen atoms in total. The van der Waals surface area contributed by atoms with Crippen LogP contribution in [0.25, 0.3) is 0 Å². The first-order valence-electron chi connectivity index (χ1n) is 6.52. The summed E-state index contributed by atoms with van der Waals surface area (Å²) in [6.45, 7) is 14.2. The average Bonchev–Trinajstić information content (AvgIpc) is 2.28.